The molecule has 0 radical (unpaired) electrons. The van der Waals surface area contributed by atoms with Crippen LogP contribution in [0.4, 0.5) is 0 Å². The van der Waals surface area contributed by atoms with E-state index >= 15 is 0 Å². The Hall–Kier alpha value is -1.84. The molecule has 0 spiro atoms. The van der Waals surface area contributed by atoms with E-state index in [1.54, 1.807) is 12.1 Å². The van der Waals surface area contributed by atoms with Crippen molar-refractivity contribution in [3.8, 4) is 0 Å². The highest BCUT2D eigenvalue weighted by Gasteiger charge is 2.21. The van der Waals surface area contributed by atoms with Gasteiger partial charge in [0.25, 0.3) is 0 Å². The predicted molar refractivity (Wildman–Crippen MR) is 100 cm³/mol. The third-order valence-corrected chi connectivity index (χ3v) is 4.27. The van der Waals surface area contributed by atoms with Crippen LogP contribution in [0.2, 0.25) is 0 Å². The van der Waals surface area contributed by atoms with Crippen molar-refractivity contribution in [2.75, 3.05) is 0 Å². The lowest BCUT2D eigenvalue weighted by molar-refractivity contribution is 0.0220. The van der Waals surface area contributed by atoms with Crippen LogP contribution in [0.1, 0.15) is 92.9 Å². The number of carbonyl (C=O) groups is 2. The number of hydrogen-bond donors (Lipinski definition) is 1. The van der Waals surface area contributed by atoms with Crippen LogP contribution in [0.3, 0.4) is 0 Å². The molecule has 0 amide bonds. The first kappa shape index (κ1) is 21.2. The van der Waals surface area contributed by atoms with Gasteiger partial charge in [-0.3, -0.25) is 0 Å². The summed E-state index contributed by atoms with van der Waals surface area (Å²) >= 11 is 0. The zero-order valence-electron chi connectivity index (χ0n) is 15.8. The summed E-state index contributed by atoms with van der Waals surface area (Å²) in [7, 11) is 0. The Morgan fingerprint density at radius 3 is 2.20 bits per heavy atom. The van der Waals surface area contributed by atoms with Crippen LogP contribution in [0.5, 0.6) is 0 Å². The van der Waals surface area contributed by atoms with E-state index in [1.165, 1.54) is 37.8 Å². The fraction of sp³-hybridized carbons (Fsp3) is 0.619. The number of carboxylic acids is 1. The lowest BCUT2D eigenvalue weighted by Crippen LogP contribution is -2.22. The van der Waals surface area contributed by atoms with Crippen molar-refractivity contribution in [1.82, 2.24) is 0 Å². The Kier molecular flexibility index (Phi) is 9.90. The fourth-order valence-corrected chi connectivity index (χ4v) is 2.97. The minimum Gasteiger partial charge on any atom is -0.478 e. The fourth-order valence-electron chi connectivity index (χ4n) is 2.97. The van der Waals surface area contributed by atoms with Gasteiger partial charge in [-0.05, 0) is 37.3 Å². The maximum absolute atomic E-state index is 12.5. The van der Waals surface area contributed by atoms with E-state index in [-0.39, 0.29) is 17.2 Å². The van der Waals surface area contributed by atoms with Gasteiger partial charge in [0.15, 0.2) is 0 Å². The minimum absolute atomic E-state index is 0.00429. The van der Waals surface area contributed by atoms with Crippen molar-refractivity contribution in [1.29, 1.82) is 0 Å². The monoisotopic (exact) mass is 348 g/mol. The van der Waals surface area contributed by atoms with E-state index in [4.69, 9.17) is 4.74 Å². The Labute approximate surface area is 151 Å². The molecule has 0 aromatic heterocycles. The molecule has 1 unspecified atom stereocenters. The number of hydrogen-bond acceptors (Lipinski definition) is 3. The maximum Gasteiger partial charge on any atom is 0.339 e. The summed E-state index contributed by atoms with van der Waals surface area (Å²) < 4.78 is 5.66. The lowest BCUT2D eigenvalue weighted by Gasteiger charge is -2.20. The van der Waals surface area contributed by atoms with E-state index in [2.05, 4.69) is 20.8 Å². The molecule has 0 bridgehead atoms. The van der Waals surface area contributed by atoms with Crippen LogP contribution < -0.4 is 0 Å². The SMILES string of the molecule is CCCCCCCCC(CC(C)C)OC(=O)c1ccccc1C(=O)O. The average Bonchev–Trinajstić information content (AvgIpc) is 2.57. The first-order valence-corrected chi connectivity index (χ1v) is 9.49. The summed E-state index contributed by atoms with van der Waals surface area (Å²) in [6, 6.07) is 6.23. The van der Waals surface area contributed by atoms with Crippen molar-refractivity contribution < 1.29 is 19.4 Å². The van der Waals surface area contributed by atoms with Gasteiger partial charge in [-0.25, -0.2) is 9.59 Å². The van der Waals surface area contributed by atoms with Gasteiger partial charge in [-0.1, -0.05) is 65.0 Å². The Balaban J connectivity index is 2.62. The summed E-state index contributed by atoms with van der Waals surface area (Å²) in [4.78, 5) is 23.7. The van der Waals surface area contributed by atoms with Crippen LogP contribution in [-0.4, -0.2) is 23.1 Å². The molecule has 0 heterocycles. The molecule has 4 nitrogen and oxygen atoms in total. The summed E-state index contributed by atoms with van der Waals surface area (Å²) in [5.41, 5.74) is 0.127. The Morgan fingerprint density at radius 2 is 1.60 bits per heavy atom. The largest absolute Gasteiger partial charge is 0.478 e. The number of rotatable bonds is 12. The third kappa shape index (κ3) is 8.19. The number of carbonyl (C=O) groups excluding carboxylic acids is 1. The Bertz CT molecular complexity index is 536. The average molecular weight is 348 g/mol. The second-order valence-corrected chi connectivity index (χ2v) is 7.06. The maximum atomic E-state index is 12.5. The second kappa shape index (κ2) is 11.7. The molecule has 1 rings (SSSR count). The first-order chi connectivity index (χ1) is 12.0. The molecular weight excluding hydrogens is 316 g/mol. The zero-order valence-corrected chi connectivity index (χ0v) is 15.8. The van der Waals surface area contributed by atoms with Gasteiger partial charge in [-0.2, -0.15) is 0 Å². The molecule has 0 saturated carbocycles. The minimum atomic E-state index is -1.11. The van der Waals surface area contributed by atoms with E-state index in [9.17, 15) is 14.7 Å². The van der Waals surface area contributed by atoms with Crippen molar-refractivity contribution in [3.63, 3.8) is 0 Å². The molecule has 0 saturated heterocycles. The summed E-state index contributed by atoms with van der Waals surface area (Å²) in [6.07, 6.45) is 8.66. The van der Waals surface area contributed by atoms with Crippen molar-refractivity contribution in [2.45, 2.75) is 78.2 Å². The highest BCUT2D eigenvalue weighted by molar-refractivity contribution is 6.02. The summed E-state index contributed by atoms with van der Waals surface area (Å²) in [5, 5.41) is 9.23. The molecular formula is C21H32O4. The third-order valence-electron chi connectivity index (χ3n) is 4.27. The molecule has 0 aliphatic rings. The lowest BCUT2D eigenvalue weighted by atomic mass is 9.99. The number of esters is 1. The molecule has 4 heteroatoms. The van der Waals surface area contributed by atoms with Crippen molar-refractivity contribution in [3.05, 3.63) is 35.4 Å². The Morgan fingerprint density at radius 1 is 1.00 bits per heavy atom. The van der Waals surface area contributed by atoms with Gasteiger partial charge in [0.05, 0.1) is 11.1 Å². The topological polar surface area (TPSA) is 63.6 Å². The van der Waals surface area contributed by atoms with Gasteiger partial charge in [-0.15, -0.1) is 0 Å². The standard InChI is InChI=1S/C21H32O4/c1-4-5-6-7-8-9-12-17(15-16(2)3)25-21(24)19-14-11-10-13-18(19)20(22)23/h10-11,13-14,16-17H,4-9,12,15H2,1-3H3,(H,22,23). The molecule has 0 aliphatic carbocycles. The first-order valence-electron chi connectivity index (χ1n) is 9.49. The number of benzene rings is 1. The predicted octanol–water partition coefficient (Wildman–Crippen LogP) is 5.71. The normalized spacial score (nSPS) is 12.2. The molecule has 25 heavy (non-hydrogen) atoms. The molecule has 140 valence electrons. The van der Waals surface area contributed by atoms with E-state index < -0.39 is 11.9 Å². The van der Waals surface area contributed by atoms with Gasteiger partial charge in [0.2, 0.25) is 0 Å². The van der Waals surface area contributed by atoms with Crippen LogP contribution in [0, 0.1) is 5.92 Å². The summed E-state index contributed by atoms with van der Waals surface area (Å²) in [5.74, 6) is -1.22. The van der Waals surface area contributed by atoms with E-state index in [1.807, 2.05) is 0 Å². The van der Waals surface area contributed by atoms with Crippen LogP contribution in [-0.2, 0) is 4.74 Å². The molecule has 1 N–H and O–H groups in total. The van der Waals surface area contributed by atoms with Gasteiger partial charge in [0, 0.05) is 0 Å². The van der Waals surface area contributed by atoms with Crippen LogP contribution >= 0.6 is 0 Å². The van der Waals surface area contributed by atoms with Crippen LogP contribution in [0.25, 0.3) is 0 Å². The molecule has 0 fully saturated rings. The number of carboxylic acid groups (broad SMARTS) is 1. The smallest absolute Gasteiger partial charge is 0.339 e. The van der Waals surface area contributed by atoms with E-state index in [0.29, 0.717) is 5.92 Å². The molecule has 1 aromatic rings. The zero-order chi connectivity index (χ0) is 18.7. The van der Waals surface area contributed by atoms with Gasteiger partial charge < -0.3 is 9.84 Å². The van der Waals surface area contributed by atoms with Crippen molar-refractivity contribution >= 4 is 11.9 Å². The van der Waals surface area contributed by atoms with E-state index in [0.717, 1.165) is 25.7 Å². The molecule has 0 aliphatic heterocycles. The second-order valence-electron chi connectivity index (χ2n) is 7.06. The van der Waals surface area contributed by atoms with Gasteiger partial charge in [0.1, 0.15) is 6.10 Å². The molecule has 1 aromatic carbocycles. The highest BCUT2D eigenvalue weighted by atomic mass is 16.5. The molecule has 1 atom stereocenters. The number of ether oxygens (including phenoxy) is 1. The quantitative estimate of drug-likeness (QED) is 0.388. The number of aromatic carboxylic acids is 1. The highest BCUT2D eigenvalue weighted by Crippen LogP contribution is 2.19. The number of unbranched alkanes of at least 4 members (excludes halogenated alkanes) is 5. The van der Waals surface area contributed by atoms with Crippen molar-refractivity contribution in [2.24, 2.45) is 5.92 Å². The van der Waals surface area contributed by atoms with Crippen LogP contribution in [0.15, 0.2) is 24.3 Å². The summed E-state index contributed by atoms with van der Waals surface area (Å²) in [6.45, 7) is 6.41. The van der Waals surface area contributed by atoms with Gasteiger partial charge >= 0.3 is 11.9 Å².